The molecule has 15 heteroatoms. The molecule has 2 aliphatic heterocycles. The normalized spacial score (nSPS) is 24.9. The second-order valence-electron chi connectivity index (χ2n) is 20.8. The number of rotatable bonds is 47. The van der Waals surface area contributed by atoms with Gasteiger partial charge in [-0.3, -0.25) is 9.59 Å². The van der Waals surface area contributed by atoms with Crippen molar-refractivity contribution >= 4 is 11.9 Å². The van der Waals surface area contributed by atoms with E-state index < -0.39 is 92.7 Å². The topological polar surface area (TPSA) is 231 Å². The van der Waals surface area contributed by atoms with Crippen LogP contribution in [0.15, 0.2) is 24.3 Å². The third-order valence-corrected chi connectivity index (χ3v) is 14.2. The standard InChI is InChI=1S/C58H106O15/c1-3-5-7-9-11-13-15-17-19-20-21-22-23-24-25-26-27-29-31-33-35-37-39-41-50(61)71-46(43-68-49(60)40-38-36-34-32-30-28-18-16-14-12-10-8-6-4-2)44-69-57-56(67)54(65)52(63)48(73-57)45-70-58-55(66)53(64)51(62)47(42-59)72-58/h10,12,16,18,46-48,51-59,62-67H,3-9,11,13-15,17,19-45H2,1-2H3/b12-10+,18-16+/t46-,47+,48+,51-,52-,53?,54?,55?,56?,57+,58+/m1/s1. The van der Waals surface area contributed by atoms with Gasteiger partial charge >= 0.3 is 11.9 Å². The first kappa shape index (κ1) is 67.1. The van der Waals surface area contributed by atoms with Crippen LogP contribution in [0.3, 0.4) is 0 Å². The van der Waals surface area contributed by atoms with Gasteiger partial charge in [-0.15, -0.1) is 0 Å². The van der Waals surface area contributed by atoms with Crippen LogP contribution in [0, 0.1) is 0 Å². The number of carbonyl (C=O) groups excluding carboxylic acids is 2. The molecule has 11 atom stereocenters. The first-order valence-electron chi connectivity index (χ1n) is 29.4. The summed E-state index contributed by atoms with van der Waals surface area (Å²) in [7, 11) is 0. The minimum atomic E-state index is -1.77. The molecule has 0 aromatic carbocycles. The third-order valence-electron chi connectivity index (χ3n) is 14.2. The molecule has 73 heavy (non-hydrogen) atoms. The van der Waals surface area contributed by atoms with Crippen molar-refractivity contribution in [3.05, 3.63) is 24.3 Å². The Hall–Kier alpha value is -2.02. The van der Waals surface area contributed by atoms with Gasteiger partial charge in [0, 0.05) is 12.8 Å². The Morgan fingerprint density at radius 2 is 0.836 bits per heavy atom. The van der Waals surface area contributed by atoms with Gasteiger partial charge in [-0.25, -0.2) is 0 Å². The average molecular weight is 1040 g/mol. The highest BCUT2D eigenvalue weighted by Gasteiger charge is 2.47. The second-order valence-corrected chi connectivity index (χ2v) is 20.8. The predicted octanol–water partition coefficient (Wildman–Crippen LogP) is 9.89. The van der Waals surface area contributed by atoms with E-state index in [2.05, 4.69) is 38.2 Å². The molecule has 0 saturated carbocycles. The van der Waals surface area contributed by atoms with Crippen molar-refractivity contribution in [3.8, 4) is 0 Å². The Balaban J connectivity index is 1.73. The maximum Gasteiger partial charge on any atom is 0.306 e. The summed E-state index contributed by atoms with van der Waals surface area (Å²) in [5.41, 5.74) is 0. The number of ether oxygens (including phenoxy) is 6. The molecule has 2 aliphatic rings. The monoisotopic (exact) mass is 1040 g/mol. The molecule has 2 saturated heterocycles. The van der Waals surface area contributed by atoms with Crippen molar-refractivity contribution in [2.45, 2.75) is 306 Å². The molecule has 428 valence electrons. The van der Waals surface area contributed by atoms with E-state index in [1.54, 1.807) is 0 Å². The fourth-order valence-corrected chi connectivity index (χ4v) is 9.35. The molecular weight excluding hydrogens is 937 g/mol. The molecule has 7 N–H and O–H groups in total. The molecule has 15 nitrogen and oxygen atoms in total. The lowest BCUT2D eigenvalue weighted by Gasteiger charge is -2.42. The maximum atomic E-state index is 13.1. The Morgan fingerprint density at radius 1 is 0.438 bits per heavy atom. The van der Waals surface area contributed by atoms with E-state index in [1.165, 1.54) is 135 Å². The van der Waals surface area contributed by atoms with Crippen molar-refractivity contribution in [1.29, 1.82) is 0 Å². The summed E-state index contributed by atoms with van der Waals surface area (Å²) < 4.78 is 33.7. The van der Waals surface area contributed by atoms with Crippen LogP contribution >= 0.6 is 0 Å². The summed E-state index contributed by atoms with van der Waals surface area (Å²) in [6, 6.07) is 0. The molecule has 0 bridgehead atoms. The summed E-state index contributed by atoms with van der Waals surface area (Å²) in [6.45, 7) is 2.58. The number of aliphatic hydroxyl groups is 7. The predicted molar refractivity (Wildman–Crippen MR) is 284 cm³/mol. The zero-order chi connectivity index (χ0) is 53.2. The largest absolute Gasteiger partial charge is 0.462 e. The third kappa shape index (κ3) is 32.4. The number of esters is 2. The lowest BCUT2D eigenvalue weighted by atomic mass is 9.98. The first-order valence-corrected chi connectivity index (χ1v) is 29.4. The molecule has 2 heterocycles. The number of aliphatic hydroxyl groups excluding tert-OH is 7. The quantitative estimate of drug-likeness (QED) is 0.0171. The maximum absolute atomic E-state index is 13.1. The molecule has 0 aromatic heterocycles. The van der Waals surface area contributed by atoms with Gasteiger partial charge in [-0.05, 0) is 38.5 Å². The van der Waals surface area contributed by atoms with Crippen LogP contribution in [0.5, 0.6) is 0 Å². The van der Waals surface area contributed by atoms with E-state index in [9.17, 15) is 45.3 Å². The highest BCUT2D eigenvalue weighted by molar-refractivity contribution is 5.70. The number of allylic oxidation sites excluding steroid dienone is 4. The van der Waals surface area contributed by atoms with E-state index in [4.69, 9.17) is 28.4 Å². The molecule has 0 amide bonds. The Labute approximate surface area is 441 Å². The average Bonchev–Trinajstić information content (AvgIpc) is 3.38. The van der Waals surface area contributed by atoms with E-state index in [0.29, 0.717) is 12.8 Å². The van der Waals surface area contributed by atoms with Gasteiger partial charge in [0.2, 0.25) is 0 Å². The van der Waals surface area contributed by atoms with Crippen molar-refractivity contribution < 1.29 is 73.8 Å². The van der Waals surface area contributed by atoms with Crippen LogP contribution < -0.4 is 0 Å². The summed E-state index contributed by atoms with van der Waals surface area (Å²) in [5, 5.41) is 72.3. The number of hydrogen-bond acceptors (Lipinski definition) is 15. The molecule has 0 radical (unpaired) electrons. The van der Waals surface area contributed by atoms with Crippen LogP contribution in [0.2, 0.25) is 0 Å². The minimum absolute atomic E-state index is 0.167. The number of unbranched alkanes of at least 4 members (excludes halogenated alkanes) is 29. The fraction of sp³-hybridized carbons (Fsp3) is 0.897. The SMILES string of the molecule is CCCC/C=C/C/C=C/CCCCCCCC(=O)OC[C@H](CO[C@H]1O[C@@H](CO[C@H]2O[C@@H](CO)[C@@H](O)C(O)C2O)[C@@H](O)C(O)C1O)OC(=O)CCCCCCCCCCCCCCCCCCCCCCCCC. The Morgan fingerprint density at radius 3 is 1.32 bits per heavy atom. The summed E-state index contributed by atoms with van der Waals surface area (Å²) in [6.07, 6.45) is 32.1. The van der Waals surface area contributed by atoms with Crippen LogP contribution in [0.1, 0.15) is 239 Å². The number of carbonyl (C=O) groups is 2. The van der Waals surface area contributed by atoms with Gasteiger partial charge in [0.25, 0.3) is 0 Å². The van der Waals surface area contributed by atoms with Crippen LogP contribution in [0.4, 0.5) is 0 Å². The van der Waals surface area contributed by atoms with E-state index >= 15 is 0 Å². The summed E-state index contributed by atoms with van der Waals surface area (Å²) >= 11 is 0. The molecule has 2 rings (SSSR count). The van der Waals surface area contributed by atoms with Gasteiger partial charge in [-0.1, -0.05) is 212 Å². The zero-order valence-electron chi connectivity index (χ0n) is 45.6. The Bertz CT molecular complexity index is 1360. The second kappa shape index (κ2) is 45.0. The summed E-state index contributed by atoms with van der Waals surface area (Å²) in [4.78, 5) is 25.9. The highest BCUT2D eigenvalue weighted by atomic mass is 16.7. The van der Waals surface area contributed by atoms with Gasteiger partial charge in [0.05, 0.1) is 19.8 Å². The summed E-state index contributed by atoms with van der Waals surface area (Å²) in [5.74, 6) is -0.929. The number of hydrogen-bond donors (Lipinski definition) is 7. The van der Waals surface area contributed by atoms with Gasteiger partial charge in [0.1, 0.15) is 55.4 Å². The lowest BCUT2D eigenvalue weighted by molar-refractivity contribution is -0.332. The van der Waals surface area contributed by atoms with Crippen molar-refractivity contribution in [2.24, 2.45) is 0 Å². The first-order chi connectivity index (χ1) is 35.5. The molecule has 2 fully saturated rings. The van der Waals surface area contributed by atoms with Crippen LogP contribution in [0.25, 0.3) is 0 Å². The minimum Gasteiger partial charge on any atom is -0.462 e. The van der Waals surface area contributed by atoms with Gasteiger partial charge < -0.3 is 64.2 Å². The van der Waals surface area contributed by atoms with Gasteiger partial charge in [-0.2, -0.15) is 0 Å². The molecule has 4 unspecified atom stereocenters. The van der Waals surface area contributed by atoms with E-state index in [-0.39, 0.29) is 26.1 Å². The van der Waals surface area contributed by atoms with Crippen molar-refractivity contribution in [2.75, 3.05) is 26.4 Å². The molecule has 0 aliphatic carbocycles. The van der Waals surface area contributed by atoms with Crippen molar-refractivity contribution in [3.63, 3.8) is 0 Å². The highest BCUT2D eigenvalue weighted by Crippen LogP contribution is 2.27. The van der Waals surface area contributed by atoms with Crippen LogP contribution in [-0.2, 0) is 38.0 Å². The molecular formula is C58H106O15. The zero-order valence-corrected chi connectivity index (χ0v) is 45.6. The molecule has 0 spiro atoms. The molecule has 0 aromatic rings. The fourth-order valence-electron chi connectivity index (χ4n) is 9.35. The van der Waals surface area contributed by atoms with Crippen LogP contribution in [-0.4, -0.2) is 142 Å². The van der Waals surface area contributed by atoms with E-state index in [0.717, 1.165) is 64.2 Å². The lowest BCUT2D eigenvalue weighted by Crippen LogP contribution is -2.61. The van der Waals surface area contributed by atoms with E-state index in [1.807, 2.05) is 0 Å². The Kier molecular flexibility index (Phi) is 41.4. The van der Waals surface area contributed by atoms with Gasteiger partial charge in [0.15, 0.2) is 18.7 Å². The smallest absolute Gasteiger partial charge is 0.306 e. The van der Waals surface area contributed by atoms with Crippen molar-refractivity contribution in [1.82, 2.24) is 0 Å².